The standard InChI is InChI=1S/C21H18ClN3O2S/c1-3-18-12-21(13-23,14-24)20(16-5-4-6-17(22)11-16)25(18)28(26,27)19-9-7-15(2)8-10-19/h3-11,18,20H,1,12H2,2H3. The summed E-state index contributed by atoms with van der Waals surface area (Å²) in [6.45, 7) is 5.61. The van der Waals surface area contributed by atoms with Gasteiger partial charge in [-0.15, -0.1) is 6.58 Å². The lowest BCUT2D eigenvalue weighted by molar-refractivity contribution is 0.318. The molecule has 0 bridgehead atoms. The van der Waals surface area contributed by atoms with E-state index in [-0.39, 0.29) is 11.3 Å². The first-order valence-electron chi connectivity index (χ1n) is 8.60. The topological polar surface area (TPSA) is 85.0 Å². The first-order chi connectivity index (χ1) is 13.3. The Morgan fingerprint density at radius 1 is 1.21 bits per heavy atom. The highest BCUT2D eigenvalue weighted by molar-refractivity contribution is 7.89. The van der Waals surface area contributed by atoms with Gasteiger partial charge in [-0.25, -0.2) is 8.42 Å². The zero-order chi connectivity index (χ0) is 20.5. The van der Waals surface area contributed by atoms with Gasteiger partial charge in [-0.2, -0.15) is 14.8 Å². The third kappa shape index (κ3) is 3.21. The van der Waals surface area contributed by atoms with Crippen molar-refractivity contribution in [3.8, 4) is 12.1 Å². The summed E-state index contributed by atoms with van der Waals surface area (Å²) in [6.07, 6.45) is 1.51. The molecular weight excluding hydrogens is 394 g/mol. The van der Waals surface area contributed by atoms with Crippen molar-refractivity contribution in [2.24, 2.45) is 5.41 Å². The summed E-state index contributed by atoms with van der Waals surface area (Å²) in [5.41, 5.74) is -0.132. The van der Waals surface area contributed by atoms with Crippen molar-refractivity contribution in [2.75, 3.05) is 0 Å². The molecule has 1 aliphatic rings. The van der Waals surface area contributed by atoms with Gasteiger partial charge in [0.1, 0.15) is 0 Å². The predicted octanol–water partition coefficient (Wildman–Crippen LogP) is 4.37. The van der Waals surface area contributed by atoms with E-state index in [9.17, 15) is 18.9 Å². The van der Waals surface area contributed by atoms with Crippen molar-refractivity contribution >= 4 is 21.6 Å². The van der Waals surface area contributed by atoms with E-state index >= 15 is 0 Å². The minimum absolute atomic E-state index is 0.0335. The molecule has 2 aromatic rings. The maximum atomic E-state index is 13.5. The molecule has 2 atom stereocenters. The lowest BCUT2D eigenvalue weighted by atomic mass is 9.79. The molecule has 0 aliphatic carbocycles. The van der Waals surface area contributed by atoms with Gasteiger partial charge in [0.05, 0.1) is 23.1 Å². The van der Waals surface area contributed by atoms with Gasteiger partial charge >= 0.3 is 0 Å². The Bertz CT molecular complexity index is 1080. The molecule has 1 heterocycles. The molecule has 2 unspecified atom stereocenters. The fraction of sp³-hybridized carbons (Fsp3) is 0.238. The average molecular weight is 412 g/mol. The van der Waals surface area contributed by atoms with Crippen molar-refractivity contribution in [2.45, 2.75) is 30.3 Å². The monoisotopic (exact) mass is 411 g/mol. The van der Waals surface area contributed by atoms with Crippen LogP contribution in [0.1, 0.15) is 23.6 Å². The maximum absolute atomic E-state index is 13.5. The van der Waals surface area contributed by atoms with Crippen molar-refractivity contribution in [3.05, 3.63) is 77.3 Å². The van der Waals surface area contributed by atoms with Crippen LogP contribution in [0.5, 0.6) is 0 Å². The van der Waals surface area contributed by atoms with Gasteiger partial charge in [0, 0.05) is 17.5 Å². The van der Waals surface area contributed by atoms with Crippen molar-refractivity contribution in [1.29, 1.82) is 10.5 Å². The highest BCUT2D eigenvalue weighted by Crippen LogP contribution is 2.52. The fourth-order valence-corrected chi connectivity index (χ4v) is 5.64. The lowest BCUT2D eigenvalue weighted by Gasteiger charge is -2.30. The molecule has 1 fully saturated rings. The molecule has 0 amide bonds. The number of nitrogens with zero attached hydrogens (tertiary/aromatic N) is 3. The highest BCUT2D eigenvalue weighted by atomic mass is 35.5. The van der Waals surface area contributed by atoms with Crippen LogP contribution >= 0.6 is 11.6 Å². The highest BCUT2D eigenvalue weighted by Gasteiger charge is 2.57. The number of rotatable bonds is 4. The van der Waals surface area contributed by atoms with Crippen LogP contribution < -0.4 is 0 Å². The van der Waals surface area contributed by atoms with Crippen molar-refractivity contribution < 1.29 is 8.42 Å². The van der Waals surface area contributed by atoms with Crippen molar-refractivity contribution in [1.82, 2.24) is 4.31 Å². The quantitative estimate of drug-likeness (QED) is 0.699. The summed E-state index contributed by atoms with van der Waals surface area (Å²) in [5, 5.41) is 20.1. The number of benzene rings is 2. The van der Waals surface area contributed by atoms with Gasteiger partial charge < -0.3 is 0 Å². The van der Waals surface area contributed by atoms with E-state index < -0.39 is 27.5 Å². The molecule has 0 spiro atoms. The number of aryl methyl sites for hydroxylation is 1. The Hall–Kier alpha value is -2.64. The summed E-state index contributed by atoms with van der Waals surface area (Å²) in [4.78, 5) is 0.101. The minimum atomic E-state index is -4.00. The SMILES string of the molecule is C=CC1CC(C#N)(C#N)C(c2cccc(Cl)c2)N1S(=O)(=O)c1ccc(C)cc1. The average Bonchev–Trinajstić information content (AvgIpc) is 3.04. The summed E-state index contributed by atoms with van der Waals surface area (Å²) in [7, 11) is -4.00. The van der Waals surface area contributed by atoms with E-state index in [4.69, 9.17) is 11.6 Å². The second kappa shape index (κ2) is 7.41. The van der Waals surface area contributed by atoms with E-state index in [1.54, 1.807) is 36.4 Å². The molecule has 2 aromatic carbocycles. The second-order valence-corrected chi connectivity index (χ2v) is 9.09. The van der Waals surface area contributed by atoms with Crippen LogP contribution in [0.4, 0.5) is 0 Å². The van der Waals surface area contributed by atoms with Gasteiger partial charge in [-0.05, 0) is 36.8 Å². The third-order valence-electron chi connectivity index (χ3n) is 5.01. The molecule has 28 heavy (non-hydrogen) atoms. The van der Waals surface area contributed by atoms with Crippen LogP contribution in [0.3, 0.4) is 0 Å². The van der Waals surface area contributed by atoms with Gasteiger partial charge in [0.15, 0.2) is 5.41 Å². The maximum Gasteiger partial charge on any atom is 0.244 e. The first-order valence-corrected chi connectivity index (χ1v) is 10.4. The Morgan fingerprint density at radius 3 is 2.39 bits per heavy atom. The number of sulfonamides is 1. The van der Waals surface area contributed by atoms with Crippen LogP contribution in [-0.2, 0) is 10.0 Å². The van der Waals surface area contributed by atoms with E-state index in [2.05, 4.69) is 18.7 Å². The Morgan fingerprint density at radius 2 is 1.86 bits per heavy atom. The van der Waals surface area contributed by atoms with Crippen LogP contribution in [-0.4, -0.2) is 18.8 Å². The molecule has 0 N–H and O–H groups in total. The molecule has 1 aliphatic heterocycles. The number of hydrogen-bond acceptors (Lipinski definition) is 4. The zero-order valence-electron chi connectivity index (χ0n) is 15.2. The Labute approximate surface area is 170 Å². The lowest BCUT2D eigenvalue weighted by Crippen LogP contribution is -2.38. The Balaban J connectivity index is 2.26. The number of halogens is 1. The smallest absolute Gasteiger partial charge is 0.207 e. The predicted molar refractivity (Wildman–Crippen MR) is 107 cm³/mol. The van der Waals surface area contributed by atoms with E-state index in [0.717, 1.165) is 5.56 Å². The van der Waals surface area contributed by atoms with E-state index in [1.807, 2.05) is 6.92 Å². The third-order valence-corrected chi connectivity index (χ3v) is 7.15. The summed E-state index contributed by atoms with van der Waals surface area (Å²) >= 11 is 6.12. The molecule has 0 radical (unpaired) electrons. The number of nitriles is 2. The normalized spacial score (nSPS) is 21.6. The van der Waals surface area contributed by atoms with E-state index in [0.29, 0.717) is 10.6 Å². The molecule has 5 nitrogen and oxygen atoms in total. The molecule has 0 saturated carbocycles. The van der Waals surface area contributed by atoms with Gasteiger partial charge in [-0.1, -0.05) is 47.5 Å². The van der Waals surface area contributed by atoms with E-state index in [1.165, 1.54) is 22.5 Å². The van der Waals surface area contributed by atoms with Crippen LogP contribution in [0.15, 0.2) is 66.1 Å². The van der Waals surface area contributed by atoms with Gasteiger partial charge in [0.25, 0.3) is 0 Å². The molecule has 142 valence electrons. The summed E-state index contributed by atoms with van der Waals surface area (Å²) < 4.78 is 28.3. The molecule has 7 heteroatoms. The zero-order valence-corrected chi connectivity index (χ0v) is 16.8. The second-order valence-electron chi connectivity index (χ2n) is 6.81. The first kappa shape index (κ1) is 20.1. The minimum Gasteiger partial charge on any atom is -0.207 e. The summed E-state index contributed by atoms with van der Waals surface area (Å²) in [5.74, 6) is 0. The van der Waals surface area contributed by atoms with Gasteiger partial charge in [0.2, 0.25) is 10.0 Å². The van der Waals surface area contributed by atoms with Crippen molar-refractivity contribution in [3.63, 3.8) is 0 Å². The summed E-state index contributed by atoms with van der Waals surface area (Å²) in [6, 6.07) is 15.5. The van der Waals surface area contributed by atoms with Crippen LogP contribution in [0, 0.1) is 35.0 Å². The largest absolute Gasteiger partial charge is 0.244 e. The molecular formula is C21H18ClN3O2S. The number of hydrogen-bond donors (Lipinski definition) is 0. The fourth-order valence-electron chi connectivity index (χ4n) is 3.62. The van der Waals surface area contributed by atoms with Crippen LogP contribution in [0.2, 0.25) is 5.02 Å². The van der Waals surface area contributed by atoms with Gasteiger partial charge in [-0.3, -0.25) is 0 Å². The molecule has 1 saturated heterocycles. The van der Waals surface area contributed by atoms with Crippen LogP contribution in [0.25, 0.3) is 0 Å². The Kier molecular flexibility index (Phi) is 5.32. The molecule has 0 aromatic heterocycles. The molecule has 3 rings (SSSR count).